The van der Waals surface area contributed by atoms with Crippen LogP contribution >= 0.6 is 0 Å². The zero-order valence-corrected chi connectivity index (χ0v) is 18.8. The molecule has 4 heterocycles. The lowest BCUT2D eigenvalue weighted by Crippen LogP contribution is -3.10. The molecule has 0 amide bonds. The molecule has 2 aromatic heterocycles. The molecule has 2 aliphatic rings. The van der Waals surface area contributed by atoms with Gasteiger partial charge in [0.15, 0.2) is 0 Å². The van der Waals surface area contributed by atoms with Gasteiger partial charge in [0.05, 0.1) is 45.0 Å². The summed E-state index contributed by atoms with van der Waals surface area (Å²) in [6, 6.07) is 17.2. The number of quaternary nitrogens is 1. The van der Waals surface area contributed by atoms with Crippen molar-refractivity contribution in [2.45, 2.75) is 26.1 Å². The van der Waals surface area contributed by atoms with E-state index in [1.54, 1.807) is 12.4 Å². The van der Waals surface area contributed by atoms with Gasteiger partial charge in [-0.25, -0.2) is 4.98 Å². The van der Waals surface area contributed by atoms with E-state index < -0.39 is 0 Å². The van der Waals surface area contributed by atoms with Crippen LogP contribution in [0.4, 0.5) is 11.6 Å². The Labute approximate surface area is 194 Å². The van der Waals surface area contributed by atoms with Crippen LogP contribution < -0.4 is 20.1 Å². The standard InChI is InChI=1S/C26H28N6O/c27-16-23-22-8-11-31(18-21-4-2-1-3-5-21)19-24(22)26(32-12-14-33-15-13-32)30-25(23)29-17-20-6-9-28-10-7-20/h1-7,9-10H,8,11-15,17-19H2,(H,29,30)/p+2. The highest BCUT2D eigenvalue weighted by Crippen LogP contribution is 2.28. The smallest absolute Gasteiger partial charge is 0.237 e. The zero-order valence-electron chi connectivity index (χ0n) is 18.8. The number of aromatic nitrogens is 2. The summed E-state index contributed by atoms with van der Waals surface area (Å²) in [5.74, 6) is 1.94. The van der Waals surface area contributed by atoms with Crippen molar-refractivity contribution < 1.29 is 14.6 Å². The van der Waals surface area contributed by atoms with Crippen molar-refractivity contribution in [3.63, 3.8) is 0 Å². The molecule has 3 aromatic rings. The monoisotopic (exact) mass is 442 g/mol. The minimum Gasteiger partial charge on any atom is -0.375 e. The van der Waals surface area contributed by atoms with E-state index in [-0.39, 0.29) is 0 Å². The van der Waals surface area contributed by atoms with Crippen molar-refractivity contribution in [3.05, 3.63) is 82.7 Å². The van der Waals surface area contributed by atoms with Crippen LogP contribution in [0.2, 0.25) is 0 Å². The van der Waals surface area contributed by atoms with E-state index in [0.29, 0.717) is 6.54 Å². The minimum absolute atomic E-state index is 0.639. The molecule has 1 unspecified atom stereocenters. The highest BCUT2D eigenvalue weighted by molar-refractivity contribution is 5.61. The van der Waals surface area contributed by atoms with E-state index in [1.165, 1.54) is 21.6 Å². The van der Waals surface area contributed by atoms with Gasteiger partial charge in [-0.2, -0.15) is 5.26 Å². The SMILES string of the molecule is N#Cc1c(NCc2ccncc2)[nH+]c(N2CCOCC2)c2c1CC[NH+](Cc1ccccc1)C2. The maximum absolute atomic E-state index is 10.1. The quantitative estimate of drug-likeness (QED) is 0.603. The number of nitriles is 1. The van der Waals surface area contributed by atoms with E-state index in [1.807, 2.05) is 12.1 Å². The molecular formula is C26H30N6O+2. The van der Waals surface area contributed by atoms with Gasteiger partial charge in [0.2, 0.25) is 11.6 Å². The second kappa shape index (κ2) is 9.99. The van der Waals surface area contributed by atoms with Gasteiger partial charge in [-0.05, 0) is 23.3 Å². The number of pyridine rings is 2. The molecule has 33 heavy (non-hydrogen) atoms. The second-order valence-electron chi connectivity index (χ2n) is 8.69. The highest BCUT2D eigenvalue weighted by Gasteiger charge is 2.33. The number of benzene rings is 1. The molecule has 5 rings (SSSR count). The van der Waals surface area contributed by atoms with E-state index in [0.717, 1.165) is 75.1 Å². The fourth-order valence-electron chi connectivity index (χ4n) is 4.85. The third kappa shape index (κ3) is 4.82. The van der Waals surface area contributed by atoms with E-state index >= 15 is 0 Å². The molecule has 1 aromatic carbocycles. The number of rotatable bonds is 6. The van der Waals surface area contributed by atoms with Crippen LogP contribution in [-0.2, 0) is 30.8 Å². The summed E-state index contributed by atoms with van der Waals surface area (Å²) in [7, 11) is 0. The Morgan fingerprint density at radius 3 is 2.61 bits per heavy atom. The minimum atomic E-state index is 0.639. The zero-order chi connectivity index (χ0) is 22.5. The van der Waals surface area contributed by atoms with Gasteiger partial charge in [-0.1, -0.05) is 30.3 Å². The molecule has 0 radical (unpaired) electrons. The van der Waals surface area contributed by atoms with Gasteiger partial charge < -0.3 is 15.0 Å². The summed E-state index contributed by atoms with van der Waals surface area (Å²) in [6.45, 7) is 6.72. The third-order valence-electron chi connectivity index (χ3n) is 6.56. The van der Waals surface area contributed by atoms with E-state index in [2.05, 4.69) is 56.6 Å². The largest absolute Gasteiger partial charge is 0.375 e. The van der Waals surface area contributed by atoms with Crippen LogP contribution in [0.25, 0.3) is 0 Å². The lowest BCUT2D eigenvalue weighted by atomic mass is 9.94. The number of hydrogen-bond acceptors (Lipinski definition) is 5. The molecular weight excluding hydrogens is 412 g/mol. The van der Waals surface area contributed by atoms with E-state index in [9.17, 15) is 5.26 Å². The Balaban J connectivity index is 1.48. The molecule has 0 saturated carbocycles. The molecule has 3 N–H and O–H groups in total. The number of morpholine rings is 1. The maximum atomic E-state index is 10.1. The normalized spacial score (nSPS) is 17.8. The summed E-state index contributed by atoms with van der Waals surface area (Å²) < 4.78 is 5.61. The molecule has 1 atom stereocenters. The first-order valence-electron chi connectivity index (χ1n) is 11.7. The lowest BCUT2D eigenvalue weighted by molar-refractivity contribution is -0.929. The van der Waals surface area contributed by atoms with E-state index in [4.69, 9.17) is 4.74 Å². The van der Waals surface area contributed by atoms with Crippen molar-refractivity contribution in [2.24, 2.45) is 0 Å². The van der Waals surface area contributed by atoms with Gasteiger partial charge in [-0.3, -0.25) is 9.88 Å². The first-order chi connectivity index (χ1) is 16.3. The van der Waals surface area contributed by atoms with Crippen molar-refractivity contribution in [3.8, 4) is 6.07 Å². The summed E-state index contributed by atoms with van der Waals surface area (Å²) in [6.07, 6.45) is 4.49. The number of anilines is 2. The number of H-pyrrole nitrogens is 1. The number of nitrogens with one attached hydrogen (secondary N) is 3. The molecule has 168 valence electrons. The van der Waals surface area contributed by atoms with Crippen LogP contribution in [0.15, 0.2) is 54.9 Å². The third-order valence-corrected chi connectivity index (χ3v) is 6.56. The Hall–Kier alpha value is -3.47. The average Bonchev–Trinajstić information content (AvgIpc) is 2.88. The number of ether oxygens (including phenoxy) is 1. The van der Waals surface area contributed by atoms with Gasteiger partial charge in [0.1, 0.15) is 24.7 Å². The number of fused-ring (bicyclic) bond motifs is 1. The van der Waals surface area contributed by atoms with Crippen LogP contribution in [0, 0.1) is 11.3 Å². The molecule has 2 aliphatic heterocycles. The summed E-state index contributed by atoms with van der Waals surface area (Å²) in [5.41, 5.74) is 5.69. The highest BCUT2D eigenvalue weighted by atomic mass is 16.5. The van der Waals surface area contributed by atoms with Crippen LogP contribution in [0.1, 0.15) is 27.8 Å². The predicted octanol–water partition coefficient (Wildman–Crippen LogP) is 1.36. The molecule has 1 saturated heterocycles. The van der Waals surface area contributed by atoms with Crippen molar-refractivity contribution in [1.82, 2.24) is 4.98 Å². The Kier molecular flexibility index (Phi) is 6.47. The van der Waals surface area contributed by atoms with Crippen LogP contribution in [0.5, 0.6) is 0 Å². The molecule has 0 spiro atoms. The Bertz CT molecular complexity index is 1120. The molecule has 0 bridgehead atoms. The molecule has 7 nitrogen and oxygen atoms in total. The number of nitrogens with zero attached hydrogens (tertiary/aromatic N) is 3. The van der Waals surface area contributed by atoms with Gasteiger partial charge in [0.25, 0.3) is 0 Å². The second-order valence-corrected chi connectivity index (χ2v) is 8.69. The predicted molar refractivity (Wildman–Crippen MR) is 126 cm³/mol. The summed E-state index contributed by atoms with van der Waals surface area (Å²) >= 11 is 0. The Morgan fingerprint density at radius 2 is 1.85 bits per heavy atom. The average molecular weight is 443 g/mol. The molecule has 0 aliphatic carbocycles. The number of aromatic amines is 1. The first kappa shape index (κ1) is 21.4. The fraction of sp³-hybridized carbons (Fsp3) is 0.346. The van der Waals surface area contributed by atoms with Crippen molar-refractivity contribution in [1.29, 1.82) is 5.26 Å². The number of hydrogen-bond donors (Lipinski definition) is 2. The summed E-state index contributed by atoms with van der Waals surface area (Å²) in [4.78, 5) is 11.6. The van der Waals surface area contributed by atoms with Gasteiger partial charge in [0, 0.05) is 24.4 Å². The molecule has 7 heteroatoms. The maximum Gasteiger partial charge on any atom is 0.237 e. The Morgan fingerprint density at radius 1 is 1.06 bits per heavy atom. The lowest BCUT2D eigenvalue weighted by Gasteiger charge is -2.31. The fourth-order valence-corrected chi connectivity index (χ4v) is 4.85. The topological polar surface area (TPSA) is 79.8 Å². The van der Waals surface area contributed by atoms with Crippen molar-refractivity contribution in [2.75, 3.05) is 43.1 Å². The molecule has 1 fully saturated rings. The summed E-state index contributed by atoms with van der Waals surface area (Å²) in [5, 5.41) is 13.6. The van der Waals surface area contributed by atoms with Crippen LogP contribution in [-0.4, -0.2) is 37.8 Å². The van der Waals surface area contributed by atoms with Gasteiger partial charge >= 0.3 is 0 Å². The first-order valence-corrected chi connectivity index (χ1v) is 11.7. The van der Waals surface area contributed by atoms with Crippen molar-refractivity contribution >= 4 is 11.6 Å². The van der Waals surface area contributed by atoms with Crippen LogP contribution in [0.3, 0.4) is 0 Å². The van der Waals surface area contributed by atoms with Gasteiger partial charge in [-0.15, -0.1) is 0 Å².